The molecule has 134 valence electrons. The van der Waals surface area contributed by atoms with E-state index in [0.717, 1.165) is 64.8 Å². The number of hydrogen-bond acceptors (Lipinski definition) is 6. The third-order valence-electron chi connectivity index (χ3n) is 4.75. The minimum absolute atomic E-state index is 0.0119. The van der Waals surface area contributed by atoms with Crippen LogP contribution in [0.2, 0.25) is 0 Å². The van der Waals surface area contributed by atoms with Gasteiger partial charge in [-0.05, 0) is 13.0 Å². The maximum absolute atomic E-state index is 12.6. The maximum atomic E-state index is 12.6. The topological polar surface area (TPSA) is 62.0 Å². The van der Waals surface area contributed by atoms with E-state index in [9.17, 15) is 4.79 Å². The molecule has 0 N–H and O–H groups in total. The van der Waals surface area contributed by atoms with Crippen molar-refractivity contribution in [2.24, 2.45) is 0 Å². The van der Waals surface area contributed by atoms with E-state index in [-0.39, 0.29) is 5.91 Å². The Balaban J connectivity index is 1.49. The first kappa shape index (κ1) is 17.4. The summed E-state index contributed by atoms with van der Waals surface area (Å²) in [7, 11) is 0. The van der Waals surface area contributed by atoms with Gasteiger partial charge in [-0.1, -0.05) is 18.5 Å². The molecule has 24 heavy (non-hydrogen) atoms. The Morgan fingerprint density at radius 3 is 2.58 bits per heavy atom. The summed E-state index contributed by atoms with van der Waals surface area (Å²) in [6, 6.07) is 1.79. The van der Waals surface area contributed by atoms with Crippen molar-refractivity contribution in [1.29, 1.82) is 0 Å². The lowest BCUT2D eigenvalue weighted by Crippen LogP contribution is -2.48. The number of rotatable bonds is 6. The van der Waals surface area contributed by atoms with Crippen LogP contribution in [0.1, 0.15) is 36.0 Å². The highest BCUT2D eigenvalue weighted by Crippen LogP contribution is 2.13. The second-order valence-corrected chi connectivity index (χ2v) is 6.55. The molecule has 0 atom stereocenters. The Hall–Kier alpha value is -1.44. The molecule has 0 saturated carbocycles. The van der Waals surface area contributed by atoms with Gasteiger partial charge in [0.1, 0.15) is 0 Å². The van der Waals surface area contributed by atoms with Crippen LogP contribution in [0.4, 0.5) is 0 Å². The Morgan fingerprint density at radius 2 is 1.88 bits per heavy atom. The van der Waals surface area contributed by atoms with Crippen molar-refractivity contribution in [3.05, 3.63) is 17.5 Å². The van der Waals surface area contributed by atoms with E-state index in [1.807, 2.05) is 4.90 Å². The van der Waals surface area contributed by atoms with Gasteiger partial charge in [0.15, 0.2) is 11.5 Å². The van der Waals surface area contributed by atoms with Crippen molar-refractivity contribution >= 4 is 5.91 Å². The highest BCUT2D eigenvalue weighted by atomic mass is 16.5. The van der Waals surface area contributed by atoms with E-state index in [0.29, 0.717) is 12.2 Å². The molecule has 7 nitrogen and oxygen atoms in total. The van der Waals surface area contributed by atoms with Crippen LogP contribution in [-0.4, -0.2) is 84.8 Å². The molecule has 1 aromatic rings. The number of nitrogens with zero attached hydrogens (tertiary/aromatic N) is 4. The van der Waals surface area contributed by atoms with E-state index in [1.54, 1.807) is 6.07 Å². The second kappa shape index (κ2) is 8.60. The van der Waals surface area contributed by atoms with E-state index in [4.69, 9.17) is 9.26 Å². The molecule has 1 aromatic heterocycles. The Labute approximate surface area is 143 Å². The predicted octanol–water partition coefficient (Wildman–Crippen LogP) is 1.06. The minimum atomic E-state index is -0.0119. The lowest BCUT2D eigenvalue weighted by Gasteiger charge is -2.34. The fourth-order valence-corrected chi connectivity index (χ4v) is 3.19. The van der Waals surface area contributed by atoms with Gasteiger partial charge in [-0.15, -0.1) is 0 Å². The Morgan fingerprint density at radius 1 is 1.12 bits per heavy atom. The summed E-state index contributed by atoms with van der Waals surface area (Å²) in [6.07, 6.45) is 2.44. The van der Waals surface area contributed by atoms with E-state index in [1.165, 1.54) is 12.8 Å². The first-order chi connectivity index (χ1) is 11.8. The monoisotopic (exact) mass is 336 g/mol. The highest BCUT2D eigenvalue weighted by molar-refractivity contribution is 5.92. The molecule has 2 fully saturated rings. The van der Waals surface area contributed by atoms with Gasteiger partial charge in [-0.3, -0.25) is 14.6 Å². The number of amides is 1. The minimum Gasteiger partial charge on any atom is -0.379 e. The molecule has 0 unspecified atom stereocenters. The normalized spacial score (nSPS) is 20.5. The molecule has 2 aliphatic rings. The molecular weight excluding hydrogens is 308 g/mol. The summed E-state index contributed by atoms with van der Waals surface area (Å²) < 4.78 is 10.7. The Bertz CT molecular complexity index is 520. The molecule has 2 saturated heterocycles. The van der Waals surface area contributed by atoms with E-state index in [2.05, 4.69) is 21.9 Å². The summed E-state index contributed by atoms with van der Waals surface area (Å²) in [5.74, 6) is 0.740. The maximum Gasteiger partial charge on any atom is 0.276 e. The first-order valence-electron chi connectivity index (χ1n) is 9.03. The van der Waals surface area contributed by atoms with Crippen LogP contribution >= 0.6 is 0 Å². The zero-order valence-corrected chi connectivity index (χ0v) is 14.6. The quantitative estimate of drug-likeness (QED) is 0.774. The number of hydrogen-bond donors (Lipinski definition) is 0. The molecule has 1 amide bonds. The van der Waals surface area contributed by atoms with Crippen molar-refractivity contribution in [1.82, 2.24) is 19.9 Å². The molecule has 0 aliphatic carbocycles. The molecule has 7 heteroatoms. The number of carbonyl (C=O) groups is 1. The van der Waals surface area contributed by atoms with Crippen LogP contribution in [0.3, 0.4) is 0 Å². The predicted molar refractivity (Wildman–Crippen MR) is 89.9 cm³/mol. The van der Waals surface area contributed by atoms with Crippen LogP contribution in [0.25, 0.3) is 0 Å². The smallest absolute Gasteiger partial charge is 0.276 e. The van der Waals surface area contributed by atoms with Crippen LogP contribution in [0.15, 0.2) is 10.6 Å². The number of morpholine rings is 1. The summed E-state index contributed by atoms with van der Waals surface area (Å²) in [4.78, 5) is 19.2. The third kappa shape index (κ3) is 4.55. The van der Waals surface area contributed by atoms with Gasteiger partial charge >= 0.3 is 0 Å². The van der Waals surface area contributed by atoms with E-state index < -0.39 is 0 Å². The van der Waals surface area contributed by atoms with Crippen LogP contribution in [-0.2, 0) is 11.3 Å². The third-order valence-corrected chi connectivity index (χ3v) is 4.75. The van der Waals surface area contributed by atoms with Crippen molar-refractivity contribution < 1.29 is 14.1 Å². The molecule has 0 spiro atoms. The zero-order valence-electron chi connectivity index (χ0n) is 14.6. The van der Waals surface area contributed by atoms with Gasteiger partial charge in [-0.2, -0.15) is 0 Å². The van der Waals surface area contributed by atoms with Gasteiger partial charge in [0.05, 0.1) is 19.8 Å². The molecule has 3 rings (SSSR count). The van der Waals surface area contributed by atoms with E-state index >= 15 is 0 Å². The van der Waals surface area contributed by atoms with Gasteiger partial charge in [-0.25, -0.2) is 0 Å². The largest absolute Gasteiger partial charge is 0.379 e. The number of unbranched alkanes of at least 4 members (excludes halogenated alkanes) is 1. The van der Waals surface area contributed by atoms with Gasteiger partial charge in [0.2, 0.25) is 0 Å². The summed E-state index contributed by atoms with van der Waals surface area (Å²) in [6.45, 7) is 10.8. The van der Waals surface area contributed by atoms with Crippen molar-refractivity contribution in [3.63, 3.8) is 0 Å². The summed E-state index contributed by atoms with van der Waals surface area (Å²) >= 11 is 0. The fourth-order valence-electron chi connectivity index (χ4n) is 3.19. The summed E-state index contributed by atoms with van der Waals surface area (Å²) in [5.41, 5.74) is 0.431. The van der Waals surface area contributed by atoms with Gasteiger partial charge in [0.25, 0.3) is 5.91 Å². The number of carbonyl (C=O) groups excluding carboxylic acids is 1. The molecule has 3 heterocycles. The SMILES string of the molecule is CCCCN1CCN(C(=O)c2cc(CN3CCOCC3)on2)CC1. The standard InChI is InChI=1S/C17H28N4O3/c1-2-3-4-19-5-7-21(8-6-19)17(22)16-13-15(24-18-16)14-20-9-11-23-12-10-20/h13H,2-12,14H2,1H3. The second-order valence-electron chi connectivity index (χ2n) is 6.55. The average molecular weight is 336 g/mol. The molecule has 2 aliphatic heterocycles. The van der Waals surface area contributed by atoms with Crippen LogP contribution in [0, 0.1) is 0 Å². The van der Waals surface area contributed by atoms with Crippen LogP contribution in [0.5, 0.6) is 0 Å². The summed E-state index contributed by atoms with van der Waals surface area (Å²) in [5, 5.41) is 3.99. The van der Waals surface area contributed by atoms with Crippen LogP contribution < -0.4 is 0 Å². The first-order valence-corrected chi connectivity index (χ1v) is 9.03. The Kier molecular flexibility index (Phi) is 6.23. The number of ether oxygens (including phenoxy) is 1. The highest BCUT2D eigenvalue weighted by Gasteiger charge is 2.24. The van der Waals surface area contributed by atoms with Crippen molar-refractivity contribution in [2.45, 2.75) is 26.3 Å². The lowest BCUT2D eigenvalue weighted by atomic mass is 10.2. The zero-order chi connectivity index (χ0) is 16.8. The fraction of sp³-hybridized carbons (Fsp3) is 0.765. The van der Waals surface area contributed by atoms with Crippen molar-refractivity contribution in [2.75, 3.05) is 59.0 Å². The lowest BCUT2D eigenvalue weighted by molar-refractivity contribution is 0.0305. The van der Waals surface area contributed by atoms with Gasteiger partial charge < -0.3 is 14.2 Å². The molecular formula is C17H28N4O3. The number of piperazine rings is 1. The average Bonchev–Trinajstić information content (AvgIpc) is 3.09. The molecule has 0 bridgehead atoms. The van der Waals surface area contributed by atoms with Gasteiger partial charge in [0, 0.05) is 45.3 Å². The number of aromatic nitrogens is 1. The van der Waals surface area contributed by atoms with Crippen molar-refractivity contribution in [3.8, 4) is 0 Å². The molecule has 0 radical (unpaired) electrons. The molecule has 0 aromatic carbocycles.